The van der Waals surface area contributed by atoms with E-state index in [1.807, 2.05) is 0 Å². The second-order valence-corrected chi connectivity index (χ2v) is 7.10. The van der Waals surface area contributed by atoms with Crippen LogP contribution >= 0.6 is 0 Å². The van der Waals surface area contributed by atoms with Crippen molar-refractivity contribution < 1.29 is 0 Å². The average molecular weight is 281 g/mol. The van der Waals surface area contributed by atoms with Crippen LogP contribution in [-0.4, -0.2) is 62.2 Å². The van der Waals surface area contributed by atoms with E-state index in [9.17, 15) is 0 Å². The number of piperidine rings is 1. The molecule has 3 nitrogen and oxygen atoms in total. The summed E-state index contributed by atoms with van der Waals surface area (Å²) >= 11 is 0. The Morgan fingerprint density at radius 3 is 2.40 bits per heavy atom. The van der Waals surface area contributed by atoms with E-state index in [2.05, 4.69) is 36.1 Å². The molecule has 2 fully saturated rings. The van der Waals surface area contributed by atoms with Crippen LogP contribution in [0.2, 0.25) is 0 Å². The zero-order chi connectivity index (χ0) is 14.4. The van der Waals surface area contributed by atoms with Gasteiger partial charge in [-0.15, -0.1) is 0 Å². The molecule has 2 rings (SSSR count). The third-order valence-electron chi connectivity index (χ3n) is 5.35. The molecule has 0 aromatic rings. The lowest BCUT2D eigenvalue weighted by atomic mass is 9.83. The topological polar surface area (TPSA) is 18.5 Å². The highest BCUT2D eigenvalue weighted by Crippen LogP contribution is 2.26. The molecule has 0 radical (unpaired) electrons. The fourth-order valence-corrected chi connectivity index (χ4v) is 3.97. The quantitative estimate of drug-likeness (QED) is 0.807. The van der Waals surface area contributed by atoms with Gasteiger partial charge in [-0.3, -0.25) is 0 Å². The molecule has 1 aliphatic carbocycles. The maximum absolute atomic E-state index is 3.80. The maximum atomic E-state index is 3.80. The van der Waals surface area contributed by atoms with Crippen LogP contribution in [0.3, 0.4) is 0 Å². The third-order valence-corrected chi connectivity index (χ3v) is 5.35. The van der Waals surface area contributed by atoms with Gasteiger partial charge in [-0.2, -0.15) is 0 Å². The van der Waals surface area contributed by atoms with Crippen LogP contribution in [0.5, 0.6) is 0 Å². The first kappa shape index (κ1) is 16.3. The van der Waals surface area contributed by atoms with E-state index in [0.29, 0.717) is 0 Å². The van der Waals surface area contributed by atoms with E-state index in [-0.39, 0.29) is 0 Å². The van der Waals surface area contributed by atoms with Gasteiger partial charge in [0.2, 0.25) is 0 Å². The molecule has 1 saturated carbocycles. The summed E-state index contributed by atoms with van der Waals surface area (Å²) in [6, 6.07) is 1.60. The predicted octanol–water partition coefficient (Wildman–Crippen LogP) is 2.57. The summed E-state index contributed by atoms with van der Waals surface area (Å²) in [6.45, 7) is 7.42. The largest absolute Gasteiger partial charge is 0.314 e. The van der Waals surface area contributed by atoms with Gasteiger partial charge in [0.1, 0.15) is 0 Å². The van der Waals surface area contributed by atoms with Crippen LogP contribution in [0.15, 0.2) is 0 Å². The molecule has 0 aromatic heterocycles. The lowest BCUT2D eigenvalue weighted by Crippen LogP contribution is -2.48. The van der Waals surface area contributed by atoms with Crippen LogP contribution in [0.25, 0.3) is 0 Å². The van der Waals surface area contributed by atoms with E-state index in [1.165, 1.54) is 71.1 Å². The van der Waals surface area contributed by atoms with Crippen molar-refractivity contribution in [2.75, 3.05) is 40.3 Å². The normalized spacial score (nSPS) is 30.0. The SMILES string of the molecule is CCCNC1CCCCC1CN1CCC(N(C)C)CC1. The van der Waals surface area contributed by atoms with Crippen LogP contribution in [0, 0.1) is 5.92 Å². The minimum Gasteiger partial charge on any atom is -0.314 e. The first-order valence-electron chi connectivity index (χ1n) is 8.83. The fourth-order valence-electron chi connectivity index (χ4n) is 3.97. The van der Waals surface area contributed by atoms with E-state index in [1.54, 1.807) is 0 Å². The van der Waals surface area contributed by atoms with Crippen molar-refractivity contribution in [3.05, 3.63) is 0 Å². The van der Waals surface area contributed by atoms with Gasteiger partial charge in [-0.05, 0) is 71.8 Å². The highest BCUT2D eigenvalue weighted by Gasteiger charge is 2.28. The summed E-state index contributed by atoms with van der Waals surface area (Å²) in [6.07, 6.45) is 9.69. The van der Waals surface area contributed by atoms with Gasteiger partial charge in [-0.25, -0.2) is 0 Å². The minimum atomic E-state index is 0.787. The first-order chi connectivity index (χ1) is 9.70. The molecule has 1 aliphatic heterocycles. The molecule has 2 atom stereocenters. The lowest BCUT2D eigenvalue weighted by Gasteiger charge is -2.40. The summed E-state index contributed by atoms with van der Waals surface area (Å²) < 4.78 is 0. The van der Waals surface area contributed by atoms with E-state index in [0.717, 1.165) is 18.0 Å². The van der Waals surface area contributed by atoms with Gasteiger partial charge in [0.15, 0.2) is 0 Å². The van der Waals surface area contributed by atoms with Gasteiger partial charge in [0.25, 0.3) is 0 Å². The van der Waals surface area contributed by atoms with Crippen molar-refractivity contribution >= 4 is 0 Å². The van der Waals surface area contributed by atoms with Crippen molar-refractivity contribution in [2.24, 2.45) is 5.92 Å². The second kappa shape index (κ2) is 8.35. The van der Waals surface area contributed by atoms with Gasteiger partial charge in [0.05, 0.1) is 0 Å². The number of hydrogen-bond donors (Lipinski definition) is 1. The summed E-state index contributed by atoms with van der Waals surface area (Å²) in [5.41, 5.74) is 0. The number of hydrogen-bond acceptors (Lipinski definition) is 3. The Balaban J connectivity index is 1.76. The summed E-state index contributed by atoms with van der Waals surface area (Å²) in [5, 5.41) is 3.80. The maximum Gasteiger partial charge on any atom is 0.0113 e. The number of nitrogens with zero attached hydrogens (tertiary/aromatic N) is 2. The second-order valence-electron chi connectivity index (χ2n) is 7.10. The zero-order valence-corrected chi connectivity index (χ0v) is 13.9. The molecule has 2 aliphatic rings. The van der Waals surface area contributed by atoms with Crippen LogP contribution < -0.4 is 5.32 Å². The predicted molar refractivity (Wildman–Crippen MR) is 87.2 cm³/mol. The molecule has 1 saturated heterocycles. The highest BCUT2D eigenvalue weighted by atomic mass is 15.2. The standard InChI is InChI=1S/C17H35N3/c1-4-11-18-17-8-6-5-7-15(17)14-20-12-9-16(10-13-20)19(2)3/h15-18H,4-14H2,1-3H3. The number of rotatable bonds is 6. The van der Waals surface area contributed by atoms with Crippen LogP contribution in [0.4, 0.5) is 0 Å². The van der Waals surface area contributed by atoms with Gasteiger partial charge >= 0.3 is 0 Å². The lowest BCUT2D eigenvalue weighted by molar-refractivity contribution is 0.109. The highest BCUT2D eigenvalue weighted by molar-refractivity contribution is 4.85. The molecule has 0 bridgehead atoms. The van der Waals surface area contributed by atoms with Crippen LogP contribution in [-0.2, 0) is 0 Å². The Kier molecular flexibility index (Phi) is 6.79. The minimum absolute atomic E-state index is 0.787. The molecular formula is C17H35N3. The third kappa shape index (κ3) is 4.71. The van der Waals surface area contributed by atoms with E-state index < -0.39 is 0 Å². The van der Waals surface area contributed by atoms with Crippen molar-refractivity contribution in [2.45, 2.75) is 64.0 Å². The summed E-state index contributed by atoms with van der Waals surface area (Å²) in [7, 11) is 4.46. The molecule has 20 heavy (non-hydrogen) atoms. The number of nitrogens with one attached hydrogen (secondary N) is 1. The van der Waals surface area contributed by atoms with Gasteiger partial charge in [-0.1, -0.05) is 19.8 Å². The number of likely N-dealkylation sites (tertiary alicyclic amines) is 1. The van der Waals surface area contributed by atoms with Crippen molar-refractivity contribution in [3.63, 3.8) is 0 Å². The Morgan fingerprint density at radius 2 is 1.75 bits per heavy atom. The molecule has 0 spiro atoms. The van der Waals surface area contributed by atoms with Crippen molar-refractivity contribution in [3.8, 4) is 0 Å². The van der Waals surface area contributed by atoms with Gasteiger partial charge < -0.3 is 15.1 Å². The summed E-state index contributed by atoms with van der Waals surface area (Å²) in [4.78, 5) is 5.14. The van der Waals surface area contributed by atoms with E-state index >= 15 is 0 Å². The molecule has 1 N–H and O–H groups in total. The molecule has 1 heterocycles. The Hall–Kier alpha value is -0.120. The Morgan fingerprint density at radius 1 is 1.05 bits per heavy atom. The molecular weight excluding hydrogens is 246 g/mol. The van der Waals surface area contributed by atoms with E-state index in [4.69, 9.17) is 0 Å². The molecule has 118 valence electrons. The zero-order valence-electron chi connectivity index (χ0n) is 13.9. The molecule has 2 unspecified atom stereocenters. The Bertz CT molecular complexity index is 259. The monoisotopic (exact) mass is 281 g/mol. The Labute approximate surface area is 126 Å². The van der Waals surface area contributed by atoms with Gasteiger partial charge in [0, 0.05) is 18.6 Å². The molecule has 0 amide bonds. The fraction of sp³-hybridized carbons (Fsp3) is 1.00. The first-order valence-corrected chi connectivity index (χ1v) is 8.83. The summed E-state index contributed by atoms with van der Waals surface area (Å²) in [5.74, 6) is 0.895. The van der Waals surface area contributed by atoms with Crippen molar-refractivity contribution in [1.29, 1.82) is 0 Å². The molecule has 0 aromatic carbocycles. The smallest absolute Gasteiger partial charge is 0.0113 e. The van der Waals surface area contributed by atoms with Crippen molar-refractivity contribution in [1.82, 2.24) is 15.1 Å². The molecule has 3 heteroatoms. The van der Waals surface area contributed by atoms with Crippen LogP contribution in [0.1, 0.15) is 51.9 Å². The average Bonchev–Trinajstić information content (AvgIpc) is 2.47.